The molecule has 0 aliphatic heterocycles. The van der Waals surface area contributed by atoms with Crippen LogP contribution in [-0.4, -0.2) is 16.1 Å². The second kappa shape index (κ2) is 4.43. The van der Waals surface area contributed by atoms with Crippen molar-refractivity contribution < 1.29 is 9.90 Å². The highest BCUT2D eigenvalue weighted by Crippen LogP contribution is 2.26. The largest absolute Gasteiger partial charge is 0.477 e. The molecule has 3 nitrogen and oxygen atoms in total. The van der Waals surface area contributed by atoms with Gasteiger partial charge in [-0.05, 0) is 18.6 Å². The monoisotopic (exact) mass is 207 g/mol. The Morgan fingerprint density at radius 1 is 1.47 bits per heavy atom. The number of hydrogen-bond donors (Lipinski definition) is 1. The van der Waals surface area contributed by atoms with E-state index in [0.717, 1.165) is 18.5 Å². The number of carboxylic acid groups (broad SMARTS) is 1. The number of hydrogen-bond acceptors (Lipinski definition) is 2. The van der Waals surface area contributed by atoms with Gasteiger partial charge in [0.25, 0.3) is 0 Å². The maximum absolute atomic E-state index is 10.8. The zero-order valence-corrected chi connectivity index (χ0v) is 9.45. The van der Waals surface area contributed by atoms with Crippen molar-refractivity contribution in [2.24, 2.45) is 0 Å². The Morgan fingerprint density at radius 2 is 2.13 bits per heavy atom. The number of pyridine rings is 1. The summed E-state index contributed by atoms with van der Waals surface area (Å²) in [5, 5.41) is 8.84. The number of carboxylic acids is 1. The van der Waals surface area contributed by atoms with Crippen LogP contribution >= 0.6 is 0 Å². The van der Waals surface area contributed by atoms with Crippen LogP contribution in [0.1, 0.15) is 49.8 Å². The Bertz CT molecular complexity index is 358. The lowest BCUT2D eigenvalue weighted by atomic mass is 9.84. The molecule has 0 bridgehead atoms. The molecule has 0 aliphatic rings. The summed E-state index contributed by atoms with van der Waals surface area (Å²) < 4.78 is 0. The molecule has 0 fully saturated rings. The third-order valence-corrected chi connectivity index (χ3v) is 2.54. The van der Waals surface area contributed by atoms with Crippen molar-refractivity contribution in [2.75, 3.05) is 0 Å². The lowest BCUT2D eigenvalue weighted by Crippen LogP contribution is -2.19. The molecule has 3 heteroatoms. The summed E-state index contributed by atoms with van der Waals surface area (Å²) in [6, 6.07) is 5.17. The molecular formula is C12H17NO2. The quantitative estimate of drug-likeness (QED) is 0.825. The molecule has 1 aromatic rings. The van der Waals surface area contributed by atoms with Crippen molar-refractivity contribution in [1.29, 1.82) is 0 Å². The molecular weight excluding hydrogens is 190 g/mol. The van der Waals surface area contributed by atoms with Crippen LogP contribution < -0.4 is 0 Å². The fourth-order valence-electron chi connectivity index (χ4n) is 1.68. The lowest BCUT2D eigenvalue weighted by molar-refractivity contribution is 0.0690. The standard InChI is InChI=1S/C12H17NO2/c1-4-8-12(2,3)10-7-5-6-9(13-10)11(14)15/h5-7H,4,8H2,1-3H3,(H,14,15). The van der Waals surface area contributed by atoms with Gasteiger partial charge in [-0.25, -0.2) is 9.78 Å². The maximum atomic E-state index is 10.8. The minimum atomic E-state index is -0.968. The maximum Gasteiger partial charge on any atom is 0.354 e. The van der Waals surface area contributed by atoms with Gasteiger partial charge in [-0.2, -0.15) is 0 Å². The van der Waals surface area contributed by atoms with E-state index in [-0.39, 0.29) is 11.1 Å². The molecule has 1 heterocycles. The molecule has 0 amide bonds. The summed E-state index contributed by atoms with van der Waals surface area (Å²) in [5.41, 5.74) is 0.918. The Hall–Kier alpha value is -1.38. The van der Waals surface area contributed by atoms with Crippen LogP contribution in [0.2, 0.25) is 0 Å². The SMILES string of the molecule is CCCC(C)(C)c1cccc(C(=O)O)n1. The number of aromatic nitrogens is 1. The molecule has 1 rings (SSSR count). The summed E-state index contributed by atoms with van der Waals surface area (Å²) in [7, 11) is 0. The highest BCUT2D eigenvalue weighted by Gasteiger charge is 2.21. The number of rotatable bonds is 4. The molecule has 0 spiro atoms. The molecule has 0 radical (unpaired) electrons. The summed E-state index contributed by atoms with van der Waals surface area (Å²) in [5.74, 6) is -0.968. The van der Waals surface area contributed by atoms with Crippen LogP contribution in [-0.2, 0) is 5.41 Å². The Kier molecular flexibility index (Phi) is 3.45. The van der Waals surface area contributed by atoms with Crippen LogP contribution in [0.25, 0.3) is 0 Å². The van der Waals surface area contributed by atoms with Gasteiger partial charge in [0, 0.05) is 11.1 Å². The van der Waals surface area contributed by atoms with Crippen molar-refractivity contribution >= 4 is 5.97 Å². The molecule has 1 aromatic heterocycles. The van der Waals surface area contributed by atoms with E-state index in [0.29, 0.717) is 0 Å². The average Bonchev–Trinajstić information content (AvgIpc) is 2.18. The number of aromatic carboxylic acids is 1. The van der Waals surface area contributed by atoms with Gasteiger partial charge >= 0.3 is 5.97 Å². The fraction of sp³-hybridized carbons (Fsp3) is 0.500. The molecule has 0 saturated heterocycles. The van der Waals surface area contributed by atoms with Crippen molar-refractivity contribution in [3.8, 4) is 0 Å². The van der Waals surface area contributed by atoms with E-state index >= 15 is 0 Å². The molecule has 0 aliphatic carbocycles. The molecule has 1 N–H and O–H groups in total. The molecule has 0 atom stereocenters. The summed E-state index contributed by atoms with van der Waals surface area (Å²) in [4.78, 5) is 14.9. The minimum Gasteiger partial charge on any atom is -0.477 e. The van der Waals surface area contributed by atoms with Crippen molar-refractivity contribution in [1.82, 2.24) is 4.98 Å². The van der Waals surface area contributed by atoms with Gasteiger partial charge in [0.2, 0.25) is 0 Å². The zero-order valence-electron chi connectivity index (χ0n) is 9.45. The van der Waals surface area contributed by atoms with Gasteiger partial charge < -0.3 is 5.11 Å². The highest BCUT2D eigenvalue weighted by molar-refractivity contribution is 5.85. The van der Waals surface area contributed by atoms with E-state index in [1.54, 1.807) is 6.07 Å². The number of nitrogens with zero attached hydrogens (tertiary/aromatic N) is 1. The zero-order chi connectivity index (χ0) is 11.5. The molecule has 0 unspecified atom stereocenters. The first-order valence-electron chi connectivity index (χ1n) is 5.18. The van der Waals surface area contributed by atoms with E-state index in [9.17, 15) is 4.79 Å². The van der Waals surface area contributed by atoms with Gasteiger partial charge in [0.05, 0.1) is 0 Å². The predicted molar refractivity (Wildman–Crippen MR) is 59.1 cm³/mol. The Labute approximate surface area is 90.2 Å². The molecule has 15 heavy (non-hydrogen) atoms. The third kappa shape index (κ3) is 2.78. The Balaban J connectivity index is 3.04. The van der Waals surface area contributed by atoms with Crippen LogP contribution in [0.15, 0.2) is 18.2 Å². The van der Waals surface area contributed by atoms with Gasteiger partial charge in [-0.1, -0.05) is 33.3 Å². The minimum absolute atomic E-state index is 0.0553. The first-order chi connectivity index (χ1) is 6.97. The first kappa shape index (κ1) is 11.7. The van der Waals surface area contributed by atoms with Crippen molar-refractivity contribution in [3.05, 3.63) is 29.6 Å². The Morgan fingerprint density at radius 3 is 2.67 bits per heavy atom. The fourth-order valence-corrected chi connectivity index (χ4v) is 1.68. The van der Waals surface area contributed by atoms with Crippen LogP contribution in [0.4, 0.5) is 0 Å². The first-order valence-corrected chi connectivity index (χ1v) is 5.18. The smallest absolute Gasteiger partial charge is 0.354 e. The van der Waals surface area contributed by atoms with E-state index in [1.807, 2.05) is 6.07 Å². The predicted octanol–water partition coefficient (Wildman–Crippen LogP) is 2.86. The van der Waals surface area contributed by atoms with E-state index in [1.165, 1.54) is 6.07 Å². The van der Waals surface area contributed by atoms with Gasteiger partial charge in [0.1, 0.15) is 5.69 Å². The molecule has 0 saturated carbocycles. The van der Waals surface area contributed by atoms with E-state index < -0.39 is 5.97 Å². The summed E-state index contributed by atoms with van der Waals surface area (Å²) in [6.07, 6.45) is 2.06. The van der Waals surface area contributed by atoms with E-state index in [2.05, 4.69) is 25.8 Å². The van der Waals surface area contributed by atoms with Crippen LogP contribution in [0, 0.1) is 0 Å². The van der Waals surface area contributed by atoms with Crippen LogP contribution in [0.3, 0.4) is 0 Å². The topological polar surface area (TPSA) is 50.2 Å². The van der Waals surface area contributed by atoms with Gasteiger partial charge in [-0.3, -0.25) is 0 Å². The highest BCUT2D eigenvalue weighted by atomic mass is 16.4. The van der Waals surface area contributed by atoms with Gasteiger partial charge in [0.15, 0.2) is 0 Å². The van der Waals surface area contributed by atoms with Gasteiger partial charge in [-0.15, -0.1) is 0 Å². The summed E-state index contributed by atoms with van der Waals surface area (Å²) >= 11 is 0. The second-order valence-corrected chi connectivity index (χ2v) is 4.35. The van der Waals surface area contributed by atoms with Crippen molar-refractivity contribution in [3.63, 3.8) is 0 Å². The second-order valence-electron chi connectivity index (χ2n) is 4.35. The summed E-state index contributed by atoms with van der Waals surface area (Å²) in [6.45, 7) is 6.29. The van der Waals surface area contributed by atoms with Crippen molar-refractivity contribution in [2.45, 2.75) is 39.0 Å². The van der Waals surface area contributed by atoms with E-state index in [4.69, 9.17) is 5.11 Å². The normalized spacial score (nSPS) is 11.4. The molecule has 82 valence electrons. The van der Waals surface area contributed by atoms with Crippen LogP contribution in [0.5, 0.6) is 0 Å². The third-order valence-electron chi connectivity index (χ3n) is 2.54. The number of carbonyl (C=O) groups is 1. The molecule has 0 aromatic carbocycles. The average molecular weight is 207 g/mol. The lowest BCUT2D eigenvalue weighted by Gasteiger charge is -2.23.